The third-order valence-corrected chi connectivity index (χ3v) is 4.90. The van der Waals surface area contributed by atoms with E-state index in [0.717, 1.165) is 16.8 Å². The number of alkyl halides is 1. The van der Waals surface area contributed by atoms with Crippen LogP contribution in [-0.4, -0.2) is 5.38 Å². The van der Waals surface area contributed by atoms with Crippen LogP contribution in [0, 0.1) is 11.8 Å². The highest BCUT2D eigenvalue weighted by Crippen LogP contribution is 2.34. The van der Waals surface area contributed by atoms with Crippen molar-refractivity contribution >= 4 is 27.5 Å². The van der Waals surface area contributed by atoms with E-state index in [4.69, 9.17) is 11.6 Å². The van der Waals surface area contributed by atoms with Gasteiger partial charge in [0, 0.05) is 9.85 Å². The largest absolute Gasteiger partial charge is 0.122 e. The van der Waals surface area contributed by atoms with E-state index >= 15 is 0 Å². The number of hydrogen-bond donors (Lipinski definition) is 0. The lowest BCUT2D eigenvalue weighted by molar-refractivity contribution is 0.281. The normalized spacial score (nSPS) is 26.8. The third-order valence-electron chi connectivity index (χ3n) is 3.89. The van der Waals surface area contributed by atoms with Crippen molar-refractivity contribution in [3.8, 4) is 0 Å². The molecule has 0 spiro atoms. The van der Waals surface area contributed by atoms with E-state index in [1.165, 1.54) is 31.2 Å². The van der Waals surface area contributed by atoms with Crippen LogP contribution in [0.5, 0.6) is 0 Å². The lowest BCUT2D eigenvalue weighted by Crippen LogP contribution is -2.22. The van der Waals surface area contributed by atoms with E-state index in [1.807, 2.05) is 0 Å². The van der Waals surface area contributed by atoms with Gasteiger partial charge in [0.05, 0.1) is 0 Å². The Bertz CT molecular complexity index is 356. The predicted octanol–water partition coefficient (Wildman–Crippen LogP) is 5.43. The van der Waals surface area contributed by atoms with Gasteiger partial charge in [-0.2, -0.15) is 0 Å². The summed E-state index contributed by atoms with van der Waals surface area (Å²) in [5.74, 6) is 1.62. The van der Waals surface area contributed by atoms with Gasteiger partial charge in [-0.05, 0) is 48.8 Å². The van der Waals surface area contributed by atoms with Crippen LogP contribution in [0.4, 0.5) is 0 Å². The van der Waals surface area contributed by atoms with E-state index in [0.29, 0.717) is 11.3 Å². The Hall–Kier alpha value is -0.0100. The van der Waals surface area contributed by atoms with Crippen molar-refractivity contribution in [2.45, 2.75) is 44.4 Å². The number of hydrogen-bond acceptors (Lipinski definition) is 0. The minimum absolute atomic E-state index is 0.303. The molecule has 0 heterocycles. The van der Waals surface area contributed by atoms with E-state index < -0.39 is 0 Å². The highest BCUT2D eigenvalue weighted by atomic mass is 79.9. The molecule has 94 valence electrons. The highest BCUT2D eigenvalue weighted by molar-refractivity contribution is 9.10. The molecule has 1 aliphatic rings. The Morgan fingerprint density at radius 2 is 2.00 bits per heavy atom. The molecule has 17 heavy (non-hydrogen) atoms. The second-order valence-electron chi connectivity index (χ2n) is 5.37. The summed E-state index contributed by atoms with van der Waals surface area (Å²) in [6, 6.07) is 8.51. The van der Waals surface area contributed by atoms with Crippen molar-refractivity contribution in [1.29, 1.82) is 0 Å². The molecule has 1 saturated carbocycles. The smallest absolute Gasteiger partial charge is 0.0404 e. The Balaban J connectivity index is 1.90. The molecule has 2 heteroatoms. The molecule has 0 aliphatic heterocycles. The zero-order valence-electron chi connectivity index (χ0n) is 10.3. The standard InChI is InChI=1S/C15H20BrCl/c1-11-5-7-13(8-6-11)15(17)10-12-3-2-4-14(16)9-12/h2-4,9,11,13,15H,5-8,10H2,1H3. The first-order valence-electron chi connectivity index (χ1n) is 6.53. The quantitative estimate of drug-likeness (QED) is 0.653. The number of rotatable bonds is 3. The molecular weight excluding hydrogens is 296 g/mol. The maximum Gasteiger partial charge on any atom is 0.0404 e. The molecule has 1 unspecified atom stereocenters. The van der Waals surface area contributed by atoms with Gasteiger partial charge in [0.25, 0.3) is 0 Å². The van der Waals surface area contributed by atoms with Crippen LogP contribution >= 0.6 is 27.5 Å². The van der Waals surface area contributed by atoms with Gasteiger partial charge in [-0.1, -0.05) is 47.8 Å². The van der Waals surface area contributed by atoms with Crippen molar-refractivity contribution in [2.24, 2.45) is 11.8 Å². The van der Waals surface area contributed by atoms with Crippen molar-refractivity contribution in [2.75, 3.05) is 0 Å². The SMILES string of the molecule is CC1CCC(C(Cl)Cc2cccc(Br)c2)CC1. The van der Waals surface area contributed by atoms with Crippen molar-refractivity contribution in [3.05, 3.63) is 34.3 Å². The fraction of sp³-hybridized carbons (Fsp3) is 0.600. The first kappa shape index (κ1) is 13.4. The summed E-state index contributed by atoms with van der Waals surface area (Å²) in [5, 5.41) is 0.303. The Labute approximate surface area is 118 Å². The molecule has 0 aromatic heterocycles. The molecule has 1 aromatic carbocycles. The molecule has 1 atom stereocenters. The molecule has 0 nitrogen and oxygen atoms in total. The van der Waals surface area contributed by atoms with Crippen LogP contribution < -0.4 is 0 Å². The maximum absolute atomic E-state index is 6.58. The lowest BCUT2D eigenvalue weighted by atomic mass is 9.80. The number of halogens is 2. The van der Waals surface area contributed by atoms with Crippen LogP contribution in [0.3, 0.4) is 0 Å². The number of benzene rings is 1. The van der Waals surface area contributed by atoms with Crippen LogP contribution in [0.1, 0.15) is 38.2 Å². The molecule has 1 aromatic rings. The topological polar surface area (TPSA) is 0 Å². The molecule has 0 amide bonds. The van der Waals surface area contributed by atoms with Crippen LogP contribution in [-0.2, 0) is 6.42 Å². The summed E-state index contributed by atoms with van der Waals surface area (Å²) < 4.78 is 1.15. The minimum atomic E-state index is 0.303. The van der Waals surface area contributed by atoms with Crippen LogP contribution in [0.25, 0.3) is 0 Å². The molecule has 0 bridgehead atoms. The lowest BCUT2D eigenvalue weighted by Gasteiger charge is -2.29. The fourth-order valence-electron chi connectivity index (χ4n) is 2.70. The van der Waals surface area contributed by atoms with Gasteiger partial charge in [-0.3, -0.25) is 0 Å². The van der Waals surface area contributed by atoms with E-state index in [-0.39, 0.29) is 0 Å². The molecule has 0 radical (unpaired) electrons. The molecule has 0 N–H and O–H groups in total. The Morgan fingerprint density at radius 3 is 2.65 bits per heavy atom. The summed E-state index contributed by atoms with van der Waals surface area (Å²) in [6.07, 6.45) is 6.32. The van der Waals surface area contributed by atoms with Crippen molar-refractivity contribution in [1.82, 2.24) is 0 Å². The summed E-state index contributed by atoms with van der Waals surface area (Å²) in [5.41, 5.74) is 1.35. The third kappa shape index (κ3) is 3.99. The van der Waals surface area contributed by atoms with Gasteiger partial charge in [-0.25, -0.2) is 0 Å². The predicted molar refractivity (Wildman–Crippen MR) is 78.6 cm³/mol. The zero-order valence-corrected chi connectivity index (χ0v) is 12.7. The second kappa shape index (κ2) is 6.24. The average molecular weight is 316 g/mol. The molecule has 1 fully saturated rings. The first-order chi connectivity index (χ1) is 8.15. The average Bonchev–Trinajstić information content (AvgIpc) is 2.29. The summed E-state index contributed by atoms with van der Waals surface area (Å²) in [7, 11) is 0. The summed E-state index contributed by atoms with van der Waals surface area (Å²) >= 11 is 10.1. The Morgan fingerprint density at radius 1 is 1.29 bits per heavy atom. The zero-order chi connectivity index (χ0) is 12.3. The van der Waals surface area contributed by atoms with Gasteiger partial charge < -0.3 is 0 Å². The maximum atomic E-state index is 6.58. The van der Waals surface area contributed by atoms with E-state index in [9.17, 15) is 0 Å². The van der Waals surface area contributed by atoms with Crippen molar-refractivity contribution < 1.29 is 0 Å². The van der Waals surface area contributed by atoms with E-state index in [2.05, 4.69) is 47.1 Å². The van der Waals surface area contributed by atoms with Gasteiger partial charge in [0.2, 0.25) is 0 Å². The highest BCUT2D eigenvalue weighted by Gasteiger charge is 2.24. The summed E-state index contributed by atoms with van der Waals surface area (Å²) in [6.45, 7) is 2.35. The second-order valence-corrected chi connectivity index (χ2v) is 6.85. The molecular formula is C15H20BrCl. The van der Waals surface area contributed by atoms with Gasteiger partial charge >= 0.3 is 0 Å². The van der Waals surface area contributed by atoms with Gasteiger partial charge in [0.15, 0.2) is 0 Å². The van der Waals surface area contributed by atoms with E-state index in [1.54, 1.807) is 0 Å². The fourth-order valence-corrected chi connectivity index (χ4v) is 3.58. The molecule has 0 saturated heterocycles. The van der Waals surface area contributed by atoms with Crippen LogP contribution in [0.2, 0.25) is 0 Å². The Kier molecular flexibility index (Phi) is 4.93. The first-order valence-corrected chi connectivity index (χ1v) is 7.76. The van der Waals surface area contributed by atoms with Gasteiger partial charge in [-0.15, -0.1) is 11.6 Å². The monoisotopic (exact) mass is 314 g/mol. The molecule has 2 rings (SSSR count). The van der Waals surface area contributed by atoms with Crippen LogP contribution in [0.15, 0.2) is 28.7 Å². The molecule has 1 aliphatic carbocycles. The van der Waals surface area contributed by atoms with Gasteiger partial charge in [0.1, 0.15) is 0 Å². The van der Waals surface area contributed by atoms with Crippen molar-refractivity contribution in [3.63, 3.8) is 0 Å². The minimum Gasteiger partial charge on any atom is -0.122 e. The summed E-state index contributed by atoms with van der Waals surface area (Å²) in [4.78, 5) is 0.